The average molecular weight is 308 g/mol. The van der Waals surface area contributed by atoms with Crippen LogP contribution >= 0.6 is 0 Å². The van der Waals surface area contributed by atoms with Gasteiger partial charge in [-0.1, -0.05) is 38.1 Å². The van der Waals surface area contributed by atoms with Gasteiger partial charge in [-0.25, -0.2) is 0 Å². The third kappa shape index (κ3) is 4.12. The van der Waals surface area contributed by atoms with Crippen molar-refractivity contribution in [1.82, 2.24) is 0 Å². The molecule has 3 nitrogen and oxygen atoms in total. The van der Waals surface area contributed by atoms with E-state index in [2.05, 4.69) is 32.0 Å². The van der Waals surface area contributed by atoms with E-state index in [0.29, 0.717) is 18.0 Å². The minimum absolute atomic E-state index is 0.191. The second kappa shape index (κ2) is 7.80. The summed E-state index contributed by atoms with van der Waals surface area (Å²) in [6, 6.07) is 16.2. The maximum Gasteiger partial charge on any atom is 0.122 e. The molecule has 0 aliphatic heterocycles. The fourth-order valence-corrected chi connectivity index (χ4v) is 2.75. The van der Waals surface area contributed by atoms with E-state index in [-0.39, 0.29) is 5.92 Å². The molecule has 2 N–H and O–H groups in total. The molecule has 1 unspecified atom stereocenters. The minimum atomic E-state index is 0.191. The smallest absolute Gasteiger partial charge is 0.122 e. The Kier molecular flexibility index (Phi) is 5.78. The van der Waals surface area contributed by atoms with Gasteiger partial charge in [0.2, 0.25) is 0 Å². The highest BCUT2D eigenvalue weighted by Crippen LogP contribution is 2.32. The molecule has 1 atom stereocenters. The number of hydrogen-bond acceptors (Lipinski definition) is 3. The number of nitrogens with two attached hydrogens (primary N) is 1. The normalized spacial score (nSPS) is 12.0. The van der Waals surface area contributed by atoms with Crippen molar-refractivity contribution >= 4 is 0 Å². The molecule has 0 aliphatic rings. The van der Waals surface area contributed by atoms with Crippen LogP contribution in [0.15, 0.2) is 42.5 Å². The van der Waals surface area contributed by atoms with E-state index in [1.807, 2.05) is 30.3 Å². The zero-order valence-corrected chi connectivity index (χ0v) is 14.0. The molecule has 0 amide bonds. The molecule has 120 valence electrons. The van der Waals surface area contributed by atoms with Crippen molar-refractivity contribution in [3.8, 4) is 11.8 Å². The van der Waals surface area contributed by atoms with Crippen LogP contribution in [0.3, 0.4) is 0 Å². The van der Waals surface area contributed by atoms with Crippen molar-refractivity contribution in [2.45, 2.75) is 32.1 Å². The summed E-state index contributed by atoms with van der Waals surface area (Å²) in [5, 5.41) is 8.90. The Balaban J connectivity index is 2.32. The monoisotopic (exact) mass is 308 g/mol. The van der Waals surface area contributed by atoms with E-state index < -0.39 is 0 Å². The van der Waals surface area contributed by atoms with Gasteiger partial charge in [0.15, 0.2) is 0 Å². The Labute approximate surface area is 138 Å². The Morgan fingerprint density at radius 2 is 1.83 bits per heavy atom. The van der Waals surface area contributed by atoms with E-state index in [0.717, 1.165) is 17.7 Å². The molecular formula is C20H24N2O. The fraction of sp³-hybridized carbons (Fsp3) is 0.350. The maximum absolute atomic E-state index is 8.90. The SMILES string of the molecule is COc1ccc(C(C)C)cc1C(CN)Cc1ccc(C#N)cc1. The van der Waals surface area contributed by atoms with Crippen molar-refractivity contribution in [3.63, 3.8) is 0 Å². The van der Waals surface area contributed by atoms with Crippen LogP contribution < -0.4 is 10.5 Å². The number of nitrogens with zero attached hydrogens (tertiary/aromatic N) is 1. The summed E-state index contributed by atoms with van der Waals surface area (Å²) in [4.78, 5) is 0. The van der Waals surface area contributed by atoms with E-state index in [4.69, 9.17) is 15.7 Å². The lowest BCUT2D eigenvalue weighted by atomic mass is 9.88. The van der Waals surface area contributed by atoms with Gasteiger partial charge < -0.3 is 10.5 Å². The van der Waals surface area contributed by atoms with Gasteiger partial charge >= 0.3 is 0 Å². The summed E-state index contributed by atoms with van der Waals surface area (Å²) in [7, 11) is 1.70. The summed E-state index contributed by atoms with van der Waals surface area (Å²) in [5.41, 5.74) is 10.4. The molecule has 0 saturated heterocycles. The standard InChI is InChI=1S/C20H24N2O/c1-14(2)17-8-9-20(23-3)19(11-17)18(13-22)10-15-4-6-16(12-21)7-5-15/h4-9,11,14,18H,10,13,22H2,1-3H3. The van der Waals surface area contributed by atoms with Gasteiger partial charge in [0.1, 0.15) is 5.75 Å². The largest absolute Gasteiger partial charge is 0.496 e. The van der Waals surface area contributed by atoms with Gasteiger partial charge in [-0.3, -0.25) is 0 Å². The number of ether oxygens (including phenoxy) is 1. The number of methoxy groups -OCH3 is 1. The number of nitriles is 1. The summed E-state index contributed by atoms with van der Waals surface area (Å²) in [5.74, 6) is 1.54. The highest BCUT2D eigenvalue weighted by atomic mass is 16.5. The fourth-order valence-electron chi connectivity index (χ4n) is 2.75. The van der Waals surface area contributed by atoms with Gasteiger partial charge in [-0.05, 0) is 53.8 Å². The van der Waals surface area contributed by atoms with E-state index >= 15 is 0 Å². The van der Waals surface area contributed by atoms with Crippen LogP contribution in [0, 0.1) is 11.3 Å². The van der Waals surface area contributed by atoms with Gasteiger partial charge in [0.05, 0.1) is 18.7 Å². The summed E-state index contributed by atoms with van der Waals surface area (Å²) >= 11 is 0. The first-order chi connectivity index (χ1) is 11.1. The lowest BCUT2D eigenvalue weighted by molar-refractivity contribution is 0.405. The lowest BCUT2D eigenvalue weighted by Gasteiger charge is -2.20. The van der Waals surface area contributed by atoms with Crippen molar-refractivity contribution in [2.75, 3.05) is 13.7 Å². The predicted molar refractivity (Wildman–Crippen MR) is 93.7 cm³/mol. The Bertz CT molecular complexity index is 684. The van der Waals surface area contributed by atoms with Crippen LogP contribution in [0.4, 0.5) is 0 Å². The quantitative estimate of drug-likeness (QED) is 0.878. The predicted octanol–water partition coefficient (Wildman–Crippen LogP) is 3.98. The van der Waals surface area contributed by atoms with Gasteiger partial charge in [-0.2, -0.15) is 5.26 Å². The van der Waals surface area contributed by atoms with Crippen LogP contribution in [0.25, 0.3) is 0 Å². The molecule has 0 aliphatic carbocycles. The highest BCUT2D eigenvalue weighted by Gasteiger charge is 2.17. The zero-order valence-electron chi connectivity index (χ0n) is 14.0. The van der Waals surface area contributed by atoms with Gasteiger partial charge in [0.25, 0.3) is 0 Å². The maximum atomic E-state index is 8.90. The summed E-state index contributed by atoms with van der Waals surface area (Å²) in [6.45, 7) is 4.92. The lowest BCUT2D eigenvalue weighted by Crippen LogP contribution is -2.16. The van der Waals surface area contributed by atoms with Crippen LogP contribution in [-0.2, 0) is 6.42 Å². The molecule has 2 aromatic carbocycles. The number of benzene rings is 2. The van der Waals surface area contributed by atoms with Crippen LogP contribution in [-0.4, -0.2) is 13.7 Å². The van der Waals surface area contributed by atoms with E-state index in [1.165, 1.54) is 11.1 Å². The molecule has 0 radical (unpaired) electrons. The molecule has 0 aromatic heterocycles. The van der Waals surface area contributed by atoms with Crippen molar-refractivity contribution in [2.24, 2.45) is 5.73 Å². The molecule has 23 heavy (non-hydrogen) atoms. The second-order valence-corrected chi connectivity index (χ2v) is 6.10. The van der Waals surface area contributed by atoms with E-state index in [1.54, 1.807) is 7.11 Å². The highest BCUT2D eigenvalue weighted by molar-refractivity contribution is 5.42. The number of hydrogen-bond donors (Lipinski definition) is 1. The Hall–Kier alpha value is -2.31. The first-order valence-corrected chi connectivity index (χ1v) is 7.96. The molecule has 3 heteroatoms. The second-order valence-electron chi connectivity index (χ2n) is 6.10. The van der Waals surface area contributed by atoms with Crippen LogP contribution in [0.1, 0.15) is 47.9 Å². The molecule has 0 saturated carbocycles. The minimum Gasteiger partial charge on any atom is -0.496 e. The van der Waals surface area contributed by atoms with Crippen LogP contribution in [0.2, 0.25) is 0 Å². The summed E-state index contributed by atoms with van der Waals surface area (Å²) in [6.07, 6.45) is 0.833. The average Bonchev–Trinajstić information content (AvgIpc) is 2.59. The van der Waals surface area contributed by atoms with Gasteiger partial charge in [0, 0.05) is 5.92 Å². The number of rotatable bonds is 6. The molecule has 0 fully saturated rings. The first-order valence-electron chi connectivity index (χ1n) is 7.96. The van der Waals surface area contributed by atoms with Crippen LogP contribution in [0.5, 0.6) is 5.75 Å². The third-order valence-corrected chi connectivity index (χ3v) is 4.21. The third-order valence-electron chi connectivity index (χ3n) is 4.21. The topological polar surface area (TPSA) is 59.0 Å². The van der Waals surface area contributed by atoms with Gasteiger partial charge in [-0.15, -0.1) is 0 Å². The molecule has 2 rings (SSSR count). The first kappa shape index (κ1) is 17.1. The Morgan fingerprint density at radius 1 is 1.13 bits per heavy atom. The molecule has 0 bridgehead atoms. The molecule has 2 aromatic rings. The zero-order chi connectivity index (χ0) is 16.8. The Morgan fingerprint density at radius 3 is 2.35 bits per heavy atom. The van der Waals surface area contributed by atoms with Crippen molar-refractivity contribution in [1.29, 1.82) is 5.26 Å². The molecule has 0 spiro atoms. The summed E-state index contributed by atoms with van der Waals surface area (Å²) < 4.78 is 5.54. The molecular weight excluding hydrogens is 284 g/mol. The van der Waals surface area contributed by atoms with Crippen molar-refractivity contribution in [3.05, 3.63) is 64.7 Å². The molecule has 0 heterocycles. The van der Waals surface area contributed by atoms with Crippen molar-refractivity contribution < 1.29 is 4.74 Å². The van der Waals surface area contributed by atoms with E-state index in [9.17, 15) is 0 Å².